The van der Waals surface area contributed by atoms with E-state index in [1.807, 2.05) is 36.4 Å². The van der Waals surface area contributed by atoms with Crippen LogP contribution in [0.3, 0.4) is 0 Å². The predicted octanol–water partition coefficient (Wildman–Crippen LogP) is 5.54. The third-order valence-corrected chi connectivity index (χ3v) is 3.67. The van der Waals surface area contributed by atoms with Crippen LogP contribution < -0.4 is 5.32 Å². The Morgan fingerprint density at radius 2 is 1.14 bits per heavy atom. The molecule has 1 nitrogen and oxygen atoms in total. The monoisotopic (exact) mass is 293 g/mol. The Morgan fingerprint density at radius 3 is 1.76 bits per heavy atom. The molecule has 104 valence electrons. The minimum atomic E-state index is 0.103. The molecule has 0 aliphatic rings. The van der Waals surface area contributed by atoms with E-state index in [9.17, 15) is 0 Å². The summed E-state index contributed by atoms with van der Waals surface area (Å²) in [6, 6.07) is 28.8. The summed E-state index contributed by atoms with van der Waals surface area (Å²) in [5, 5.41) is 4.34. The van der Waals surface area contributed by atoms with Gasteiger partial charge in [-0.15, -0.1) is 0 Å². The van der Waals surface area contributed by atoms with Crippen LogP contribution >= 0.6 is 11.6 Å². The molecule has 3 aromatic carbocycles. The topological polar surface area (TPSA) is 12.0 Å². The molecule has 0 amide bonds. The van der Waals surface area contributed by atoms with Gasteiger partial charge in [-0.05, 0) is 35.4 Å². The zero-order valence-electron chi connectivity index (χ0n) is 11.5. The van der Waals surface area contributed by atoms with Crippen molar-refractivity contribution in [2.45, 2.75) is 6.04 Å². The van der Waals surface area contributed by atoms with Gasteiger partial charge in [0.2, 0.25) is 0 Å². The van der Waals surface area contributed by atoms with Crippen molar-refractivity contribution in [1.82, 2.24) is 0 Å². The summed E-state index contributed by atoms with van der Waals surface area (Å²) in [7, 11) is 0. The molecule has 0 radical (unpaired) electrons. The Labute approximate surface area is 130 Å². The van der Waals surface area contributed by atoms with Crippen LogP contribution in [0.2, 0.25) is 5.02 Å². The maximum Gasteiger partial charge on any atom is 0.0767 e. The van der Waals surface area contributed by atoms with E-state index in [0.717, 1.165) is 10.7 Å². The van der Waals surface area contributed by atoms with E-state index in [4.69, 9.17) is 11.6 Å². The average molecular weight is 294 g/mol. The highest BCUT2D eigenvalue weighted by molar-refractivity contribution is 6.30. The molecule has 1 unspecified atom stereocenters. The maximum absolute atomic E-state index is 6.00. The van der Waals surface area contributed by atoms with E-state index in [0.29, 0.717) is 0 Å². The predicted molar refractivity (Wildman–Crippen MR) is 89.8 cm³/mol. The molecular formula is C19H16ClN. The fourth-order valence-corrected chi connectivity index (χ4v) is 2.49. The van der Waals surface area contributed by atoms with Gasteiger partial charge >= 0.3 is 0 Å². The van der Waals surface area contributed by atoms with Gasteiger partial charge in [0.1, 0.15) is 0 Å². The molecule has 0 bridgehead atoms. The lowest BCUT2D eigenvalue weighted by molar-refractivity contribution is 0.939. The van der Waals surface area contributed by atoms with E-state index in [2.05, 4.69) is 53.8 Å². The lowest BCUT2D eigenvalue weighted by atomic mass is 9.98. The van der Waals surface area contributed by atoms with E-state index in [1.165, 1.54) is 11.1 Å². The second-order valence-corrected chi connectivity index (χ2v) is 5.34. The summed E-state index contributed by atoms with van der Waals surface area (Å²) in [6.45, 7) is 0. The molecule has 2 heteroatoms. The first-order valence-corrected chi connectivity index (χ1v) is 7.33. The van der Waals surface area contributed by atoms with Crippen LogP contribution in [-0.2, 0) is 0 Å². The van der Waals surface area contributed by atoms with Crippen LogP contribution in [0, 0.1) is 0 Å². The van der Waals surface area contributed by atoms with Gasteiger partial charge in [0.15, 0.2) is 0 Å². The first kappa shape index (κ1) is 13.7. The molecule has 0 fully saturated rings. The second kappa shape index (κ2) is 6.47. The molecule has 0 saturated heterocycles. The number of anilines is 1. The van der Waals surface area contributed by atoms with Crippen LogP contribution in [0.25, 0.3) is 0 Å². The number of hydrogen-bond donors (Lipinski definition) is 1. The van der Waals surface area contributed by atoms with Crippen LogP contribution in [0.4, 0.5) is 5.69 Å². The van der Waals surface area contributed by atoms with E-state index in [1.54, 1.807) is 0 Å². The van der Waals surface area contributed by atoms with Crippen molar-refractivity contribution >= 4 is 17.3 Å². The van der Waals surface area contributed by atoms with Gasteiger partial charge in [0, 0.05) is 10.7 Å². The zero-order valence-corrected chi connectivity index (χ0v) is 12.3. The fraction of sp³-hybridized carbons (Fsp3) is 0.0526. The normalized spacial score (nSPS) is 11.9. The molecular weight excluding hydrogens is 278 g/mol. The Balaban J connectivity index is 1.97. The van der Waals surface area contributed by atoms with Crippen molar-refractivity contribution in [3.8, 4) is 0 Å². The van der Waals surface area contributed by atoms with Gasteiger partial charge in [-0.25, -0.2) is 0 Å². The third kappa shape index (κ3) is 3.45. The first-order chi connectivity index (χ1) is 10.3. The smallest absolute Gasteiger partial charge is 0.0767 e. The second-order valence-electron chi connectivity index (χ2n) is 4.91. The fourth-order valence-electron chi connectivity index (χ4n) is 2.36. The molecule has 0 aliphatic carbocycles. The number of halogens is 1. The highest BCUT2D eigenvalue weighted by Gasteiger charge is 2.13. The van der Waals surface area contributed by atoms with Crippen molar-refractivity contribution < 1.29 is 0 Å². The molecule has 3 aromatic rings. The largest absolute Gasteiger partial charge is 0.374 e. The SMILES string of the molecule is Clc1ccc(C(Nc2ccccc2)c2ccccc2)cc1. The van der Waals surface area contributed by atoms with Gasteiger partial charge in [-0.3, -0.25) is 0 Å². The third-order valence-electron chi connectivity index (χ3n) is 3.42. The molecule has 0 saturated carbocycles. The van der Waals surface area contributed by atoms with E-state index >= 15 is 0 Å². The molecule has 0 aliphatic heterocycles. The van der Waals surface area contributed by atoms with Gasteiger partial charge in [0.05, 0.1) is 6.04 Å². The van der Waals surface area contributed by atoms with Crippen molar-refractivity contribution in [1.29, 1.82) is 0 Å². The molecule has 1 N–H and O–H groups in total. The Morgan fingerprint density at radius 1 is 0.619 bits per heavy atom. The van der Waals surface area contributed by atoms with Gasteiger partial charge in [-0.1, -0.05) is 72.3 Å². The number of nitrogens with one attached hydrogen (secondary N) is 1. The van der Waals surface area contributed by atoms with Crippen molar-refractivity contribution in [3.63, 3.8) is 0 Å². The summed E-state index contributed by atoms with van der Waals surface area (Å²) in [6.07, 6.45) is 0. The molecule has 0 aromatic heterocycles. The lowest BCUT2D eigenvalue weighted by Crippen LogP contribution is -2.12. The van der Waals surface area contributed by atoms with E-state index in [-0.39, 0.29) is 6.04 Å². The molecule has 21 heavy (non-hydrogen) atoms. The zero-order chi connectivity index (χ0) is 14.5. The maximum atomic E-state index is 6.00. The highest BCUT2D eigenvalue weighted by atomic mass is 35.5. The van der Waals surface area contributed by atoms with Crippen molar-refractivity contribution in [3.05, 3.63) is 101 Å². The average Bonchev–Trinajstić information content (AvgIpc) is 2.55. The number of hydrogen-bond acceptors (Lipinski definition) is 1. The molecule has 3 rings (SSSR count). The summed E-state index contributed by atoms with van der Waals surface area (Å²) < 4.78 is 0. The summed E-state index contributed by atoms with van der Waals surface area (Å²) in [5.41, 5.74) is 3.51. The van der Waals surface area contributed by atoms with Gasteiger partial charge < -0.3 is 5.32 Å². The molecule has 1 atom stereocenters. The number of para-hydroxylation sites is 1. The van der Waals surface area contributed by atoms with Crippen LogP contribution in [-0.4, -0.2) is 0 Å². The van der Waals surface area contributed by atoms with Crippen molar-refractivity contribution in [2.75, 3.05) is 5.32 Å². The van der Waals surface area contributed by atoms with Gasteiger partial charge in [0.25, 0.3) is 0 Å². The van der Waals surface area contributed by atoms with Crippen LogP contribution in [0.15, 0.2) is 84.9 Å². The highest BCUT2D eigenvalue weighted by Crippen LogP contribution is 2.27. The lowest BCUT2D eigenvalue weighted by Gasteiger charge is -2.21. The minimum Gasteiger partial charge on any atom is -0.374 e. The van der Waals surface area contributed by atoms with Gasteiger partial charge in [-0.2, -0.15) is 0 Å². The number of benzene rings is 3. The Bertz CT molecular complexity index is 678. The summed E-state index contributed by atoms with van der Waals surface area (Å²) in [5.74, 6) is 0. The Kier molecular flexibility index (Phi) is 4.23. The van der Waals surface area contributed by atoms with E-state index < -0.39 is 0 Å². The quantitative estimate of drug-likeness (QED) is 0.666. The number of rotatable bonds is 4. The van der Waals surface area contributed by atoms with Crippen molar-refractivity contribution in [2.24, 2.45) is 0 Å². The molecule has 0 heterocycles. The summed E-state index contributed by atoms with van der Waals surface area (Å²) in [4.78, 5) is 0. The Hall–Kier alpha value is -2.25. The molecule has 0 spiro atoms. The standard InChI is InChI=1S/C19H16ClN/c20-17-13-11-16(12-14-17)19(15-7-3-1-4-8-15)21-18-9-5-2-6-10-18/h1-14,19,21H. The summed E-state index contributed by atoms with van der Waals surface area (Å²) >= 11 is 6.00. The first-order valence-electron chi connectivity index (χ1n) is 6.95. The van der Waals surface area contributed by atoms with Crippen LogP contribution in [0.1, 0.15) is 17.2 Å². The minimum absolute atomic E-state index is 0.103. The van der Waals surface area contributed by atoms with Crippen LogP contribution in [0.5, 0.6) is 0 Å².